The largest absolute Gasteiger partial charge is 0.359 e. The van der Waals surface area contributed by atoms with Gasteiger partial charge in [0.25, 0.3) is 0 Å². The Hall–Kier alpha value is -1.24. The molecule has 0 amide bonds. The fraction of sp³-hybridized carbons (Fsp3) is 0.467. The molecule has 0 bridgehead atoms. The maximum atomic E-state index is 4.16. The lowest BCUT2D eigenvalue weighted by molar-refractivity contribution is 0.518. The molecule has 0 saturated carbocycles. The molecule has 88 valence electrons. The van der Waals surface area contributed by atoms with Crippen LogP contribution in [0.15, 0.2) is 42.6 Å². The predicted molar refractivity (Wildman–Crippen MR) is 72.5 cm³/mol. The lowest BCUT2D eigenvalue weighted by atomic mass is 9.96. The van der Waals surface area contributed by atoms with E-state index in [9.17, 15) is 0 Å². The van der Waals surface area contributed by atoms with Crippen LogP contribution < -0.4 is 5.32 Å². The first-order valence-corrected chi connectivity index (χ1v) is 6.28. The Balaban J connectivity index is 2.49. The first-order valence-electron chi connectivity index (χ1n) is 6.28. The third-order valence-electron chi connectivity index (χ3n) is 2.97. The zero-order valence-corrected chi connectivity index (χ0v) is 10.5. The predicted octanol–water partition coefficient (Wildman–Crippen LogP) is 4.83. The summed E-state index contributed by atoms with van der Waals surface area (Å²) in [5.74, 6) is 0.597. The van der Waals surface area contributed by atoms with E-state index in [0.717, 1.165) is 11.4 Å². The van der Waals surface area contributed by atoms with Gasteiger partial charge in [-0.05, 0) is 30.9 Å². The van der Waals surface area contributed by atoms with E-state index in [1.807, 2.05) is 18.2 Å². The van der Waals surface area contributed by atoms with Crippen LogP contribution in [-0.2, 0) is 0 Å². The molecule has 1 aromatic rings. The second kappa shape index (κ2) is 7.10. The van der Waals surface area contributed by atoms with Gasteiger partial charge in [-0.1, -0.05) is 51.5 Å². The van der Waals surface area contributed by atoms with Crippen LogP contribution in [0.2, 0.25) is 0 Å². The topological polar surface area (TPSA) is 12.0 Å². The van der Waals surface area contributed by atoms with Gasteiger partial charge in [0.15, 0.2) is 0 Å². The van der Waals surface area contributed by atoms with E-state index in [-0.39, 0.29) is 0 Å². The van der Waals surface area contributed by atoms with Crippen molar-refractivity contribution in [2.24, 2.45) is 5.92 Å². The number of benzene rings is 1. The van der Waals surface area contributed by atoms with Gasteiger partial charge in [0.05, 0.1) is 0 Å². The summed E-state index contributed by atoms with van der Waals surface area (Å²) >= 11 is 0. The molecule has 1 rings (SSSR count). The summed E-state index contributed by atoms with van der Waals surface area (Å²) in [4.78, 5) is 0. The highest BCUT2D eigenvalue weighted by molar-refractivity contribution is 5.47. The quantitative estimate of drug-likeness (QED) is 0.690. The molecule has 1 nitrogen and oxygen atoms in total. The van der Waals surface area contributed by atoms with E-state index in [4.69, 9.17) is 0 Å². The van der Waals surface area contributed by atoms with Gasteiger partial charge in [-0.2, -0.15) is 0 Å². The maximum absolute atomic E-state index is 4.16. The summed E-state index contributed by atoms with van der Waals surface area (Å²) in [6, 6.07) is 10.3. The zero-order chi connectivity index (χ0) is 11.8. The molecule has 0 aromatic heterocycles. The average Bonchev–Trinajstić information content (AvgIpc) is 2.31. The lowest BCUT2D eigenvalue weighted by Gasteiger charge is -2.19. The molecule has 1 unspecified atom stereocenters. The highest BCUT2D eigenvalue weighted by Crippen LogP contribution is 2.22. The Morgan fingerprint density at radius 3 is 2.50 bits per heavy atom. The van der Waals surface area contributed by atoms with Gasteiger partial charge in [0.1, 0.15) is 0 Å². The summed E-state index contributed by atoms with van der Waals surface area (Å²) in [5, 5.41) is 3.41. The molecule has 1 N–H and O–H groups in total. The third-order valence-corrected chi connectivity index (χ3v) is 2.97. The summed E-state index contributed by atoms with van der Waals surface area (Å²) < 4.78 is 0. The third kappa shape index (κ3) is 4.09. The molecule has 1 heteroatoms. The minimum atomic E-state index is 0.597. The van der Waals surface area contributed by atoms with Crippen molar-refractivity contribution in [2.45, 2.75) is 39.5 Å². The van der Waals surface area contributed by atoms with E-state index in [2.05, 4.69) is 37.9 Å². The van der Waals surface area contributed by atoms with Gasteiger partial charge in [-0.15, -0.1) is 0 Å². The molecule has 0 aliphatic carbocycles. The van der Waals surface area contributed by atoms with Crippen molar-refractivity contribution < 1.29 is 0 Å². The normalized spacial score (nSPS) is 12.1. The molecule has 1 aromatic carbocycles. The Kier molecular flexibility index (Phi) is 5.69. The van der Waals surface area contributed by atoms with Gasteiger partial charge in [-0.25, -0.2) is 0 Å². The average molecular weight is 217 g/mol. The van der Waals surface area contributed by atoms with Crippen LogP contribution in [0.25, 0.3) is 0 Å². The molecule has 0 saturated heterocycles. The van der Waals surface area contributed by atoms with Crippen LogP contribution in [-0.4, -0.2) is 0 Å². The van der Waals surface area contributed by atoms with E-state index in [1.165, 1.54) is 25.7 Å². The molecule has 0 heterocycles. The monoisotopic (exact) mass is 217 g/mol. The summed E-state index contributed by atoms with van der Waals surface area (Å²) in [5.41, 5.74) is 2.30. The summed E-state index contributed by atoms with van der Waals surface area (Å²) in [7, 11) is 0. The van der Waals surface area contributed by atoms with Crippen molar-refractivity contribution in [2.75, 3.05) is 5.32 Å². The van der Waals surface area contributed by atoms with Crippen molar-refractivity contribution >= 4 is 5.69 Å². The minimum Gasteiger partial charge on any atom is -0.359 e. The highest BCUT2D eigenvalue weighted by Gasteiger charge is 2.09. The second-order valence-corrected chi connectivity index (χ2v) is 4.26. The number of anilines is 1. The number of hydrogen-bond acceptors (Lipinski definition) is 1. The summed E-state index contributed by atoms with van der Waals surface area (Å²) in [6.45, 7) is 8.63. The molecular weight excluding hydrogens is 194 g/mol. The van der Waals surface area contributed by atoms with Gasteiger partial charge >= 0.3 is 0 Å². The van der Waals surface area contributed by atoms with Crippen LogP contribution >= 0.6 is 0 Å². The molecule has 0 aliphatic rings. The zero-order valence-electron chi connectivity index (χ0n) is 10.5. The number of rotatable bonds is 7. The van der Waals surface area contributed by atoms with E-state index in [1.54, 1.807) is 0 Å². The first kappa shape index (κ1) is 12.8. The summed E-state index contributed by atoms with van der Waals surface area (Å²) in [6.07, 6.45) is 4.95. The van der Waals surface area contributed by atoms with Crippen LogP contribution in [0.3, 0.4) is 0 Å². The van der Waals surface area contributed by atoms with Crippen molar-refractivity contribution in [1.82, 2.24) is 0 Å². The highest BCUT2D eigenvalue weighted by atomic mass is 14.9. The SMILES string of the molecule is C=C(Nc1ccccc1)C(CC)CCCC. The Morgan fingerprint density at radius 1 is 1.25 bits per heavy atom. The fourth-order valence-corrected chi connectivity index (χ4v) is 1.88. The van der Waals surface area contributed by atoms with Crippen molar-refractivity contribution in [3.8, 4) is 0 Å². The number of para-hydroxylation sites is 1. The van der Waals surface area contributed by atoms with E-state index in [0.29, 0.717) is 5.92 Å². The smallest absolute Gasteiger partial charge is 0.0381 e. The van der Waals surface area contributed by atoms with E-state index >= 15 is 0 Å². The first-order chi connectivity index (χ1) is 7.77. The molecule has 0 aliphatic heterocycles. The molecular formula is C15H23N. The number of allylic oxidation sites excluding steroid dienone is 1. The molecule has 0 spiro atoms. The van der Waals surface area contributed by atoms with Gasteiger partial charge in [0.2, 0.25) is 0 Å². The second-order valence-electron chi connectivity index (χ2n) is 4.26. The van der Waals surface area contributed by atoms with Crippen molar-refractivity contribution in [1.29, 1.82) is 0 Å². The van der Waals surface area contributed by atoms with Crippen LogP contribution in [0.4, 0.5) is 5.69 Å². The van der Waals surface area contributed by atoms with Crippen molar-refractivity contribution in [3.05, 3.63) is 42.6 Å². The lowest BCUT2D eigenvalue weighted by Crippen LogP contribution is -2.10. The van der Waals surface area contributed by atoms with Crippen molar-refractivity contribution in [3.63, 3.8) is 0 Å². The van der Waals surface area contributed by atoms with Gasteiger partial charge in [0, 0.05) is 11.4 Å². The van der Waals surface area contributed by atoms with Crippen LogP contribution in [0.1, 0.15) is 39.5 Å². The Labute approximate surface area is 99.6 Å². The number of unbranched alkanes of at least 4 members (excludes halogenated alkanes) is 1. The number of hydrogen-bond donors (Lipinski definition) is 1. The Morgan fingerprint density at radius 2 is 1.94 bits per heavy atom. The molecule has 0 radical (unpaired) electrons. The molecule has 0 fully saturated rings. The molecule has 1 atom stereocenters. The maximum Gasteiger partial charge on any atom is 0.0381 e. The number of nitrogens with one attached hydrogen (secondary N) is 1. The van der Waals surface area contributed by atoms with Gasteiger partial charge in [-0.3, -0.25) is 0 Å². The van der Waals surface area contributed by atoms with Crippen LogP contribution in [0, 0.1) is 5.92 Å². The fourth-order valence-electron chi connectivity index (χ4n) is 1.88. The Bertz CT molecular complexity index is 302. The van der Waals surface area contributed by atoms with E-state index < -0.39 is 0 Å². The van der Waals surface area contributed by atoms with Gasteiger partial charge < -0.3 is 5.32 Å². The molecule has 16 heavy (non-hydrogen) atoms. The minimum absolute atomic E-state index is 0.597. The van der Waals surface area contributed by atoms with Crippen LogP contribution in [0.5, 0.6) is 0 Å². The standard InChI is InChI=1S/C15H23N/c1-4-6-10-14(5-2)13(3)16-15-11-8-7-9-12-15/h7-9,11-12,14,16H,3-6,10H2,1-2H3.